The zero-order valence-corrected chi connectivity index (χ0v) is 19.4. The third-order valence-electron chi connectivity index (χ3n) is 4.87. The van der Waals surface area contributed by atoms with Crippen LogP contribution in [0.25, 0.3) is 0 Å². The first-order chi connectivity index (χ1) is 13.2. The van der Waals surface area contributed by atoms with Gasteiger partial charge in [-0.05, 0) is 50.8 Å². The third kappa shape index (κ3) is 6.35. The van der Waals surface area contributed by atoms with E-state index < -0.39 is 0 Å². The van der Waals surface area contributed by atoms with Crippen LogP contribution in [0.3, 0.4) is 0 Å². The SMILES string of the molecule is CN=C(NCCCn1nc(C)cc1C)NCc1ccc(N2CCCC2)nc1.I. The number of guanidine groups is 1. The zero-order chi connectivity index (χ0) is 19.1. The van der Waals surface area contributed by atoms with Gasteiger partial charge >= 0.3 is 0 Å². The van der Waals surface area contributed by atoms with E-state index in [9.17, 15) is 0 Å². The van der Waals surface area contributed by atoms with E-state index in [1.54, 1.807) is 7.05 Å². The van der Waals surface area contributed by atoms with Crippen molar-refractivity contribution in [1.82, 2.24) is 25.4 Å². The molecule has 2 N–H and O–H groups in total. The normalized spacial score (nSPS) is 14.1. The molecule has 1 fully saturated rings. The molecule has 3 rings (SSSR count). The van der Waals surface area contributed by atoms with Crippen molar-refractivity contribution in [2.75, 3.05) is 31.6 Å². The lowest BCUT2D eigenvalue weighted by Crippen LogP contribution is -2.37. The molecule has 0 amide bonds. The van der Waals surface area contributed by atoms with Gasteiger partial charge in [0.15, 0.2) is 5.96 Å². The highest BCUT2D eigenvalue weighted by molar-refractivity contribution is 14.0. The summed E-state index contributed by atoms with van der Waals surface area (Å²) in [6.45, 7) is 8.84. The van der Waals surface area contributed by atoms with Crippen LogP contribution in [0.2, 0.25) is 0 Å². The first-order valence-corrected chi connectivity index (χ1v) is 9.81. The molecule has 0 aliphatic carbocycles. The zero-order valence-electron chi connectivity index (χ0n) is 17.1. The van der Waals surface area contributed by atoms with Crippen LogP contribution < -0.4 is 15.5 Å². The number of aromatic nitrogens is 3. The Hall–Kier alpha value is -1.84. The van der Waals surface area contributed by atoms with Crippen molar-refractivity contribution in [3.05, 3.63) is 41.3 Å². The molecule has 0 bridgehead atoms. The molecule has 1 aliphatic rings. The Balaban J connectivity index is 0.00000280. The summed E-state index contributed by atoms with van der Waals surface area (Å²) in [6.07, 6.45) is 5.49. The number of aryl methyl sites for hydroxylation is 3. The summed E-state index contributed by atoms with van der Waals surface area (Å²) < 4.78 is 2.06. The molecule has 3 heterocycles. The van der Waals surface area contributed by atoms with Crippen molar-refractivity contribution in [1.29, 1.82) is 0 Å². The predicted molar refractivity (Wildman–Crippen MR) is 126 cm³/mol. The van der Waals surface area contributed by atoms with Gasteiger partial charge in [-0.3, -0.25) is 9.67 Å². The molecule has 8 heteroatoms. The maximum atomic E-state index is 4.60. The van der Waals surface area contributed by atoms with Crippen LogP contribution in [0.15, 0.2) is 29.4 Å². The lowest BCUT2D eigenvalue weighted by Gasteiger charge is -2.16. The summed E-state index contributed by atoms with van der Waals surface area (Å²) >= 11 is 0. The molecule has 1 saturated heterocycles. The monoisotopic (exact) mass is 497 g/mol. The van der Waals surface area contributed by atoms with Gasteiger partial charge in [-0.15, -0.1) is 24.0 Å². The Morgan fingerprint density at radius 1 is 1.18 bits per heavy atom. The van der Waals surface area contributed by atoms with E-state index in [4.69, 9.17) is 0 Å². The number of nitrogens with zero attached hydrogens (tertiary/aromatic N) is 5. The molecular weight excluding hydrogens is 465 g/mol. The average Bonchev–Trinajstić information content (AvgIpc) is 3.31. The second-order valence-corrected chi connectivity index (χ2v) is 7.08. The van der Waals surface area contributed by atoms with Gasteiger partial charge in [0.1, 0.15) is 5.82 Å². The summed E-state index contributed by atoms with van der Waals surface area (Å²) in [5, 5.41) is 11.2. The van der Waals surface area contributed by atoms with Gasteiger partial charge in [-0.25, -0.2) is 4.98 Å². The summed E-state index contributed by atoms with van der Waals surface area (Å²) in [6, 6.07) is 6.37. The van der Waals surface area contributed by atoms with E-state index in [1.807, 2.05) is 13.1 Å². The number of aliphatic imine (C=N–C) groups is 1. The fourth-order valence-electron chi connectivity index (χ4n) is 3.40. The Labute approximate surface area is 185 Å². The molecule has 2 aromatic rings. The Morgan fingerprint density at radius 3 is 2.57 bits per heavy atom. The van der Waals surface area contributed by atoms with Crippen LogP contribution in [0.4, 0.5) is 5.82 Å². The Morgan fingerprint density at radius 2 is 1.96 bits per heavy atom. The van der Waals surface area contributed by atoms with Gasteiger partial charge in [-0.1, -0.05) is 6.07 Å². The molecule has 0 atom stereocenters. The summed E-state index contributed by atoms with van der Waals surface area (Å²) in [7, 11) is 1.80. The molecule has 1 aliphatic heterocycles. The van der Waals surface area contributed by atoms with E-state index in [0.29, 0.717) is 6.54 Å². The first-order valence-electron chi connectivity index (χ1n) is 9.81. The van der Waals surface area contributed by atoms with Crippen LogP contribution in [0.5, 0.6) is 0 Å². The number of nitrogens with one attached hydrogen (secondary N) is 2. The molecule has 2 aromatic heterocycles. The van der Waals surface area contributed by atoms with E-state index >= 15 is 0 Å². The quantitative estimate of drug-likeness (QED) is 0.267. The largest absolute Gasteiger partial charge is 0.357 e. The van der Waals surface area contributed by atoms with Crippen LogP contribution in [-0.4, -0.2) is 47.4 Å². The molecular formula is C20H32IN7. The number of anilines is 1. The summed E-state index contributed by atoms with van der Waals surface area (Å²) in [5.41, 5.74) is 3.44. The minimum atomic E-state index is 0. The topological polar surface area (TPSA) is 70.4 Å². The Kier molecular flexibility index (Phi) is 9.01. The van der Waals surface area contributed by atoms with Crippen LogP contribution in [0.1, 0.15) is 36.2 Å². The highest BCUT2D eigenvalue weighted by Crippen LogP contribution is 2.17. The second-order valence-electron chi connectivity index (χ2n) is 7.08. The molecule has 0 saturated carbocycles. The van der Waals surface area contributed by atoms with Gasteiger partial charge in [0.2, 0.25) is 0 Å². The molecule has 0 unspecified atom stereocenters. The molecule has 154 valence electrons. The minimum absolute atomic E-state index is 0. The fourth-order valence-corrected chi connectivity index (χ4v) is 3.40. The van der Waals surface area contributed by atoms with Gasteiger partial charge in [0.25, 0.3) is 0 Å². The van der Waals surface area contributed by atoms with Crippen LogP contribution in [-0.2, 0) is 13.1 Å². The molecule has 7 nitrogen and oxygen atoms in total. The number of hydrogen-bond donors (Lipinski definition) is 2. The maximum absolute atomic E-state index is 4.60. The highest BCUT2D eigenvalue weighted by Gasteiger charge is 2.12. The fraction of sp³-hybridized carbons (Fsp3) is 0.550. The van der Waals surface area contributed by atoms with Crippen molar-refractivity contribution in [3.63, 3.8) is 0 Å². The van der Waals surface area contributed by atoms with E-state index in [1.165, 1.54) is 18.5 Å². The predicted octanol–water partition coefficient (Wildman–Crippen LogP) is 2.87. The molecule has 0 radical (unpaired) electrons. The van der Waals surface area contributed by atoms with Crippen molar-refractivity contribution in [3.8, 4) is 0 Å². The molecule has 0 spiro atoms. The van der Waals surface area contributed by atoms with Crippen molar-refractivity contribution in [2.24, 2.45) is 4.99 Å². The Bertz CT molecular complexity index is 748. The van der Waals surface area contributed by atoms with Crippen molar-refractivity contribution < 1.29 is 0 Å². The highest BCUT2D eigenvalue weighted by atomic mass is 127. The van der Waals surface area contributed by atoms with E-state index in [-0.39, 0.29) is 24.0 Å². The average molecular weight is 497 g/mol. The summed E-state index contributed by atoms with van der Waals surface area (Å²) in [5.74, 6) is 1.90. The lowest BCUT2D eigenvalue weighted by molar-refractivity contribution is 0.555. The number of halogens is 1. The van der Waals surface area contributed by atoms with E-state index in [0.717, 1.165) is 55.6 Å². The van der Waals surface area contributed by atoms with Gasteiger partial charge in [-0.2, -0.15) is 5.10 Å². The number of rotatable bonds is 7. The van der Waals surface area contributed by atoms with Crippen molar-refractivity contribution in [2.45, 2.75) is 46.2 Å². The standard InChI is InChI=1S/C20H31N7.HI/c1-16-13-17(2)27(25-16)12-6-9-22-20(21-3)24-15-18-7-8-19(23-14-18)26-10-4-5-11-26;/h7-8,13-14H,4-6,9-12,15H2,1-3H3,(H2,21,22,24);1H. The molecule has 0 aromatic carbocycles. The van der Waals surface area contributed by atoms with E-state index in [2.05, 4.69) is 60.4 Å². The number of hydrogen-bond acceptors (Lipinski definition) is 4. The summed E-state index contributed by atoms with van der Waals surface area (Å²) in [4.78, 5) is 11.2. The van der Waals surface area contributed by atoms with Crippen LogP contribution >= 0.6 is 24.0 Å². The smallest absolute Gasteiger partial charge is 0.191 e. The third-order valence-corrected chi connectivity index (χ3v) is 4.87. The van der Waals surface area contributed by atoms with Gasteiger partial charge in [0, 0.05) is 51.7 Å². The van der Waals surface area contributed by atoms with Gasteiger partial charge < -0.3 is 15.5 Å². The second kappa shape index (κ2) is 11.2. The van der Waals surface area contributed by atoms with Crippen molar-refractivity contribution >= 4 is 35.8 Å². The van der Waals surface area contributed by atoms with Crippen LogP contribution in [0, 0.1) is 13.8 Å². The molecule has 28 heavy (non-hydrogen) atoms. The minimum Gasteiger partial charge on any atom is -0.357 e. The number of pyridine rings is 1. The lowest BCUT2D eigenvalue weighted by atomic mass is 10.3. The maximum Gasteiger partial charge on any atom is 0.191 e. The van der Waals surface area contributed by atoms with Gasteiger partial charge in [0.05, 0.1) is 5.69 Å². The first kappa shape index (κ1) is 22.4.